The summed E-state index contributed by atoms with van der Waals surface area (Å²) in [5.41, 5.74) is 0.402. The molecule has 0 aliphatic heterocycles. The average molecular weight is 355 g/mol. The first-order valence-corrected chi connectivity index (χ1v) is 7.12. The van der Waals surface area contributed by atoms with Crippen molar-refractivity contribution in [3.8, 4) is 0 Å². The van der Waals surface area contributed by atoms with Gasteiger partial charge in [-0.2, -0.15) is 0 Å². The molecule has 1 heterocycles. The second-order valence-corrected chi connectivity index (χ2v) is 5.46. The van der Waals surface area contributed by atoms with Gasteiger partial charge in [0.2, 0.25) is 0 Å². The molecule has 0 saturated heterocycles. The van der Waals surface area contributed by atoms with E-state index >= 15 is 0 Å². The van der Waals surface area contributed by atoms with E-state index in [1.54, 1.807) is 19.1 Å². The van der Waals surface area contributed by atoms with Crippen molar-refractivity contribution < 1.29 is 13.6 Å². The predicted octanol–water partition coefficient (Wildman–Crippen LogP) is 3.48. The van der Waals surface area contributed by atoms with Crippen molar-refractivity contribution in [1.82, 2.24) is 10.3 Å². The van der Waals surface area contributed by atoms with E-state index in [-0.39, 0.29) is 17.9 Å². The zero-order valence-corrected chi connectivity index (χ0v) is 12.8. The SMILES string of the molecule is CC(Cc1c(F)cccc1F)NC(=O)c1ccnc(Br)c1. The summed E-state index contributed by atoms with van der Waals surface area (Å²) < 4.78 is 27.7. The molecular weight excluding hydrogens is 342 g/mol. The number of aromatic nitrogens is 1. The Bertz CT molecular complexity index is 644. The van der Waals surface area contributed by atoms with Crippen LogP contribution in [0.4, 0.5) is 8.78 Å². The van der Waals surface area contributed by atoms with Gasteiger partial charge in [0.15, 0.2) is 0 Å². The lowest BCUT2D eigenvalue weighted by molar-refractivity contribution is 0.0939. The molecular formula is C15H13BrF2N2O. The number of carbonyl (C=O) groups excluding carboxylic acids is 1. The molecule has 6 heteroatoms. The number of hydrogen-bond donors (Lipinski definition) is 1. The molecule has 1 aromatic heterocycles. The molecule has 0 aliphatic rings. The first kappa shape index (κ1) is 15.6. The molecule has 1 N–H and O–H groups in total. The summed E-state index contributed by atoms with van der Waals surface area (Å²) in [4.78, 5) is 15.9. The van der Waals surface area contributed by atoms with Crippen LogP contribution in [-0.2, 0) is 6.42 Å². The zero-order chi connectivity index (χ0) is 15.4. The number of benzene rings is 1. The van der Waals surface area contributed by atoms with Gasteiger partial charge in [0, 0.05) is 23.4 Å². The maximum Gasteiger partial charge on any atom is 0.251 e. The van der Waals surface area contributed by atoms with Gasteiger partial charge in [-0.1, -0.05) is 6.07 Å². The van der Waals surface area contributed by atoms with Gasteiger partial charge < -0.3 is 5.32 Å². The van der Waals surface area contributed by atoms with Gasteiger partial charge in [0.1, 0.15) is 16.2 Å². The van der Waals surface area contributed by atoms with Crippen LogP contribution in [0.5, 0.6) is 0 Å². The number of nitrogens with zero attached hydrogens (tertiary/aromatic N) is 1. The molecule has 1 atom stereocenters. The lowest BCUT2D eigenvalue weighted by Gasteiger charge is -2.15. The Hall–Kier alpha value is -1.82. The van der Waals surface area contributed by atoms with Crippen LogP contribution >= 0.6 is 15.9 Å². The van der Waals surface area contributed by atoms with Crippen molar-refractivity contribution in [2.24, 2.45) is 0 Å². The highest BCUT2D eigenvalue weighted by Gasteiger charge is 2.15. The standard InChI is InChI=1S/C15H13BrF2N2O/c1-9(7-11-12(17)3-2-4-13(11)18)20-15(21)10-5-6-19-14(16)8-10/h2-6,8-9H,7H2,1H3,(H,20,21). The number of pyridine rings is 1. The minimum atomic E-state index is -0.609. The fourth-order valence-corrected chi connectivity index (χ4v) is 2.30. The van der Waals surface area contributed by atoms with E-state index in [0.717, 1.165) is 0 Å². The molecule has 0 saturated carbocycles. The fraction of sp³-hybridized carbons (Fsp3) is 0.200. The van der Waals surface area contributed by atoms with E-state index < -0.39 is 17.7 Å². The van der Waals surface area contributed by atoms with Crippen LogP contribution in [0.2, 0.25) is 0 Å². The number of nitrogens with one attached hydrogen (secondary N) is 1. The van der Waals surface area contributed by atoms with E-state index in [9.17, 15) is 13.6 Å². The Morgan fingerprint density at radius 2 is 2.00 bits per heavy atom. The van der Waals surface area contributed by atoms with Crippen molar-refractivity contribution in [3.05, 3.63) is 63.9 Å². The number of amides is 1. The topological polar surface area (TPSA) is 42.0 Å². The monoisotopic (exact) mass is 354 g/mol. The Morgan fingerprint density at radius 1 is 1.33 bits per heavy atom. The molecule has 1 amide bonds. The summed E-state index contributed by atoms with van der Waals surface area (Å²) in [7, 11) is 0. The molecule has 21 heavy (non-hydrogen) atoms. The van der Waals surface area contributed by atoms with E-state index in [2.05, 4.69) is 26.2 Å². The molecule has 0 spiro atoms. The molecule has 2 rings (SSSR count). The Kier molecular flexibility index (Phi) is 5.01. The van der Waals surface area contributed by atoms with Crippen LogP contribution in [0.25, 0.3) is 0 Å². The second-order valence-electron chi connectivity index (χ2n) is 4.65. The van der Waals surface area contributed by atoms with Crippen molar-refractivity contribution in [3.63, 3.8) is 0 Å². The van der Waals surface area contributed by atoms with Crippen LogP contribution in [0.3, 0.4) is 0 Å². The van der Waals surface area contributed by atoms with Crippen molar-refractivity contribution in [2.45, 2.75) is 19.4 Å². The maximum absolute atomic E-state index is 13.6. The fourth-order valence-electron chi connectivity index (χ4n) is 1.94. The summed E-state index contributed by atoms with van der Waals surface area (Å²) >= 11 is 3.18. The van der Waals surface area contributed by atoms with Crippen molar-refractivity contribution >= 4 is 21.8 Å². The summed E-state index contributed by atoms with van der Waals surface area (Å²) in [5, 5.41) is 2.71. The Morgan fingerprint density at radius 3 is 2.62 bits per heavy atom. The summed E-state index contributed by atoms with van der Waals surface area (Å²) in [5.74, 6) is -1.53. The van der Waals surface area contributed by atoms with Crippen LogP contribution in [0, 0.1) is 11.6 Å². The normalized spacial score (nSPS) is 12.0. The van der Waals surface area contributed by atoms with Gasteiger partial charge in [-0.15, -0.1) is 0 Å². The van der Waals surface area contributed by atoms with Crippen LogP contribution < -0.4 is 5.32 Å². The van der Waals surface area contributed by atoms with Crippen LogP contribution in [0.15, 0.2) is 41.1 Å². The molecule has 3 nitrogen and oxygen atoms in total. The van der Waals surface area contributed by atoms with Gasteiger partial charge in [-0.25, -0.2) is 13.8 Å². The van der Waals surface area contributed by atoms with Crippen molar-refractivity contribution in [1.29, 1.82) is 0 Å². The van der Waals surface area contributed by atoms with Crippen molar-refractivity contribution in [2.75, 3.05) is 0 Å². The third-order valence-electron chi connectivity index (χ3n) is 2.94. The molecule has 1 unspecified atom stereocenters. The lowest BCUT2D eigenvalue weighted by Crippen LogP contribution is -2.34. The van der Waals surface area contributed by atoms with Gasteiger partial charge in [-0.3, -0.25) is 4.79 Å². The zero-order valence-electron chi connectivity index (χ0n) is 11.2. The van der Waals surface area contributed by atoms with E-state index in [4.69, 9.17) is 0 Å². The molecule has 0 aliphatic carbocycles. The lowest BCUT2D eigenvalue weighted by atomic mass is 10.1. The molecule has 0 radical (unpaired) electrons. The quantitative estimate of drug-likeness (QED) is 0.854. The third kappa shape index (κ3) is 4.07. The van der Waals surface area contributed by atoms with Gasteiger partial charge in [0.25, 0.3) is 5.91 Å². The maximum atomic E-state index is 13.6. The van der Waals surface area contributed by atoms with E-state index in [0.29, 0.717) is 10.2 Å². The number of hydrogen-bond acceptors (Lipinski definition) is 2. The smallest absolute Gasteiger partial charge is 0.251 e. The Balaban J connectivity index is 2.05. The number of halogens is 3. The van der Waals surface area contributed by atoms with Crippen LogP contribution in [-0.4, -0.2) is 16.9 Å². The van der Waals surface area contributed by atoms with Gasteiger partial charge in [-0.05, 0) is 53.5 Å². The summed E-state index contributed by atoms with van der Waals surface area (Å²) in [6, 6.07) is 6.45. The Labute approximate surface area is 129 Å². The second kappa shape index (κ2) is 6.76. The largest absolute Gasteiger partial charge is 0.349 e. The highest BCUT2D eigenvalue weighted by molar-refractivity contribution is 9.10. The molecule has 1 aromatic carbocycles. The highest BCUT2D eigenvalue weighted by Crippen LogP contribution is 2.14. The number of rotatable bonds is 4. The summed E-state index contributed by atoms with van der Waals surface area (Å²) in [6.45, 7) is 1.69. The molecule has 0 fully saturated rings. The molecule has 110 valence electrons. The summed E-state index contributed by atoms with van der Waals surface area (Å²) in [6.07, 6.45) is 1.58. The molecule has 0 bridgehead atoms. The van der Waals surface area contributed by atoms with Gasteiger partial charge >= 0.3 is 0 Å². The predicted molar refractivity (Wildman–Crippen MR) is 78.9 cm³/mol. The highest BCUT2D eigenvalue weighted by atomic mass is 79.9. The molecule has 2 aromatic rings. The third-order valence-corrected chi connectivity index (χ3v) is 3.37. The first-order chi connectivity index (χ1) is 9.97. The minimum absolute atomic E-state index is 0.0267. The average Bonchev–Trinajstić information content (AvgIpc) is 2.43. The van der Waals surface area contributed by atoms with E-state index in [1.165, 1.54) is 24.4 Å². The first-order valence-electron chi connectivity index (χ1n) is 6.32. The van der Waals surface area contributed by atoms with E-state index in [1.807, 2.05) is 0 Å². The minimum Gasteiger partial charge on any atom is -0.349 e. The van der Waals surface area contributed by atoms with Crippen LogP contribution in [0.1, 0.15) is 22.8 Å². The van der Waals surface area contributed by atoms with Gasteiger partial charge in [0.05, 0.1) is 0 Å². The number of carbonyl (C=O) groups is 1.